The van der Waals surface area contributed by atoms with Crippen molar-refractivity contribution in [3.63, 3.8) is 0 Å². The molecule has 0 aliphatic carbocycles. The highest BCUT2D eigenvalue weighted by molar-refractivity contribution is 5.96. The summed E-state index contributed by atoms with van der Waals surface area (Å²) in [5.74, 6) is 0.0933. The Morgan fingerprint density at radius 2 is 1.62 bits per heavy atom. The number of fused-ring (bicyclic) bond motifs is 1. The van der Waals surface area contributed by atoms with E-state index in [1.165, 1.54) is 5.56 Å². The SMILES string of the molecule is Cc1ccc(C(CC(=O)c2ccccc2)n2nnc3ccccc32)cc1. The van der Waals surface area contributed by atoms with E-state index in [1.54, 1.807) is 0 Å². The van der Waals surface area contributed by atoms with Crippen LogP contribution in [0.4, 0.5) is 0 Å². The van der Waals surface area contributed by atoms with E-state index < -0.39 is 0 Å². The molecule has 1 heterocycles. The summed E-state index contributed by atoms with van der Waals surface area (Å²) in [6.07, 6.45) is 0.334. The summed E-state index contributed by atoms with van der Waals surface area (Å²) in [7, 11) is 0. The van der Waals surface area contributed by atoms with E-state index >= 15 is 0 Å². The largest absolute Gasteiger partial charge is 0.294 e. The number of nitrogens with zero attached hydrogens (tertiary/aromatic N) is 3. The Labute approximate surface area is 152 Å². The predicted octanol–water partition coefficient (Wildman–Crippen LogP) is 4.60. The first-order chi connectivity index (χ1) is 12.7. The molecule has 4 rings (SSSR count). The standard InChI is InChI=1S/C22H19N3O/c1-16-11-13-17(14-12-16)21(15-22(26)18-7-3-2-4-8-18)25-20-10-6-5-9-19(20)23-24-25/h2-14,21H,15H2,1H3. The minimum Gasteiger partial charge on any atom is -0.294 e. The summed E-state index contributed by atoms with van der Waals surface area (Å²) in [6.45, 7) is 2.05. The lowest BCUT2D eigenvalue weighted by Crippen LogP contribution is -2.17. The molecule has 3 aromatic carbocycles. The summed E-state index contributed by atoms with van der Waals surface area (Å²) in [6, 6.07) is 25.3. The predicted molar refractivity (Wildman–Crippen MR) is 102 cm³/mol. The van der Waals surface area contributed by atoms with Crippen LogP contribution in [-0.4, -0.2) is 20.8 Å². The molecule has 0 radical (unpaired) electrons. The number of rotatable bonds is 5. The van der Waals surface area contributed by atoms with Crippen molar-refractivity contribution in [3.8, 4) is 0 Å². The Morgan fingerprint density at radius 3 is 2.38 bits per heavy atom. The molecule has 1 unspecified atom stereocenters. The van der Waals surface area contributed by atoms with Crippen molar-refractivity contribution >= 4 is 16.8 Å². The summed E-state index contributed by atoms with van der Waals surface area (Å²) >= 11 is 0. The molecule has 0 bridgehead atoms. The Hall–Kier alpha value is -3.27. The second-order valence-electron chi connectivity index (χ2n) is 6.44. The van der Waals surface area contributed by atoms with Crippen molar-refractivity contribution in [2.45, 2.75) is 19.4 Å². The van der Waals surface area contributed by atoms with Gasteiger partial charge in [-0.3, -0.25) is 4.79 Å². The molecule has 4 heteroatoms. The summed E-state index contributed by atoms with van der Waals surface area (Å²) < 4.78 is 1.86. The van der Waals surface area contributed by atoms with E-state index in [2.05, 4.69) is 41.5 Å². The second-order valence-corrected chi connectivity index (χ2v) is 6.44. The van der Waals surface area contributed by atoms with Gasteiger partial charge in [0.05, 0.1) is 11.6 Å². The van der Waals surface area contributed by atoms with Crippen LogP contribution in [0.2, 0.25) is 0 Å². The van der Waals surface area contributed by atoms with Gasteiger partial charge in [0.2, 0.25) is 0 Å². The minimum atomic E-state index is -0.198. The van der Waals surface area contributed by atoms with E-state index in [9.17, 15) is 4.79 Å². The number of para-hydroxylation sites is 1. The molecule has 0 saturated heterocycles. The first kappa shape index (κ1) is 16.2. The highest BCUT2D eigenvalue weighted by atomic mass is 16.1. The van der Waals surface area contributed by atoms with Gasteiger partial charge in [-0.2, -0.15) is 0 Å². The second kappa shape index (κ2) is 6.92. The minimum absolute atomic E-state index is 0.0933. The lowest BCUT2D eigenvalue weighted by Gasteiger charge is -2.18. The van der Waals surface area contributed by atoms with Crippen LogP contribution in [0.1, 0.15) is 33.9 Å². The summed E-state index contributed by atoms with van der Waals surface area (Å²) in [4.78, 5) is 12.9. The van der Waals surface area contributed by atoms with Gasteiger partial charge in [-0.05, 0) is 24.6 Å². The number of ketones is 1. The van der Waals surface area contributed by atoms with E-state index in [4.69, 9.17) is 0 Å². The maximum absolute atomic E-state index is 12.9. The van der Waals surface area contributed by atoms with Gasteiger partial charge in [-0.15, -0.1) is 5.10 Å². The lowest BCUT2D eigenvalue weighted by molar-refractivity contribution is 0.0968. The van der Waals surface area contributed by atoms with Crippen LogP contribution in [-0.2, 0) is 0 Å². The molecular formula is C22H19N3O. The van der Waals surface area contributed by atoms with E-state index in [1.807, 2.05) is 59.3 Å². The highest BCUT2D eigenvalue weighted by Gasteiger charge is 2.22. The van der Waals surface area contributed by atoms with Crippen molar-refractivity contribution in [1.29, 1.82) is 0 Å². The molecule has 0 saturated carbocycles. The van der Waals surface area contributed by atoms with E-state index in [-0.39, 0.29) is 11.8 Å². The number of carbonyl (C=O) groups excluding carboxylic acids is 1. The number of benzene rings is 3. The Kier molecular flexibility index (Phi) is 4.32. The Bertz CT molecular complexity index is 1040. The molecular weight excluding hydrogens is 322 g/mol. The maximum Gasteiger partial charge on any atom is 0.165 e. The van der Waals surface area contributed by atoms with Crippen molar-refractivity contribution < 1.29 is 4.79 Å². The average molecular weight is 341 g/mol. The Balaban J connectivity index is 1.77. The average Bonchev–Trinajstić information content (AvgIpc) is 3.11. The highest BCUT2D eigenvalue weighted by Crippen LogP contribution is 2.27. The first-order valence-corrected chi connectivity index (χ1v) is 8.67. The number of carbonyl (C=O) groups is 1. The van der Waals surface area contributed by atoms with Crippen molar-refractivity contribution in [1.82, 2.24) is 15.0 Å². The van der Waals surface area contributed by atoms with Crippen molar-refractivity contribution in [2.75, 3.05) is 0 Å². The van der Waals surface area contributed by atoms with Gasteiger partial charge < -0.3 is 0 Å². The van der Waals surface area contributed by atoms with Crippen LogP contribution in [0.3, 0.4) is 0 Å². The number of Topliss-reactive ketones (excluding diaryl/α,β-unsaturated/α-hetero) is 1. The lowest BCUT2D eigenvalue weighted by atomic mass is 9.97. The van der Waals surface area contributed by atoms with Gasteiger partial charge in [-0.1, -0.05) is 77.5 Å². The zero-order chi connectivity index (χ0) is 17.9. The molecule has 0 spiro atoms. The van der Waals surface area contributed by atoms with Gasteiger partial charge in [0.25, 0.3) is 0 Å². The molecule has 0 N–H and O–H groups in total. The molecule has 1 atom stereocenters. The van der Waals surface area contributed by atoms with E-state index in [0.29, 0.717) is 12.0 Å². The molecule has 0 amide bonds. The molecule has 128 valence electrons. The monoisotopic (exact) mass is 341 g/mol. The molecule has 0 aliphatic heterocycles. The zero-order valence-corrected chi connectivity index (χ0v) is 14.5. The maximum atomic E-state index is 12.9. The molecule has 26 heavy (non-hydrogen) atoms. The molecule has 4 nitrogen and oxygen atoms in total. The molecule has 0 aliphatic rings. The fourth-order valence-electron chi connectivity index (χ4n) is 3.17. The molecule has 0 fully saturated rings. The third kappa shape index (κ3) is 3.14. The van der Waals surface area contributed by atoms with Crippen LogP contribution in [0.5, 0.6) is 0 Å². The number of aromatic nitrogens is 3. The quantitative estimate of drug-likeness (QED) is 0.498. The van der Waals surface area contributed by atoms with E-state index in [0.717, 1.165) is 16.6 Å². The van der Waals surface area contributed by atoms with Crippen LogP contribution >= 0.6 is 0 Å². The number of hydrogen-bond donors (Lipinski definition) is 0. The number of hydrogen-bond acceptors (Lipinski definition) is 3. The summed E-state index contributed by atoms with van der Waals surface area (Å²) in [5.41, 5.74) is 4.71. The fraction of sp³-hybridized carbons (Fsp3) is 0.136. The van der Waals surface area contributed by atoms with Gasteiger partial charge in [0, 0.05) is 12.0 Å². The van der Waals surface area contributed by atoms with Crippen molar-refractivity contribution in [3.05, 3.63) is 95.6 Å². The van der Waals surface area contributed by atoms with Crippen molar-refractivity contribution in [2.24, 2.45) is 0 Å². The van der Waals surface area contributed by atoms with Gasteiger partial charge in [0.1, 0.15) is 5.52 Å². The van der Waals surface area contributed by atoms with Gasteiger partial charge in [-0.25, -0.2) is 4.68 Å². The zero-order valence-electron chi connectivity index (χ0n) is 14.5. The van der Waals surface area contributed by atoms with Crippen LogP contribution < -0.4 is 0 Å². The van der Waals surface area contributed by atoms with Gasteiger partial charge >= 0.3 is 0 Å². The smallest absolute Gasteiger partial charge is 0.165 e. The fourth-order valence-corrected chi connectivity index (χ4v) is 3.17. The third-order valence-electron chi connectivity index (χ3n) is 4.61. The van der Waals surface area contributed by atoms with Crippen LogP contribution in [0.25, 0.3) is 11.0 Å². The normalized spacial score (nSPS) is 12.2. The topological polar surface area (TPSA) is 47.8 Å². The van der Waals surface area contributed by atoms with Crippen LogP contribution in [0.15, 0.2) is 78.9 Å². The summed E-state index contributed by atoms with van der Waals surface area (Å²) in [5, 5.41) is 8.62. The first-order valence-electron chi connectivity index (χ1n) is 8.67. The van der Waals surface area contributed by atoms with Gasteiger partial charge in [0.15, 0.2) is 5.78 Å². The Morgan fingerprint density at radius 1 is 0.923 bits per heavy atom. The number of aryl methyl sites for hydroxylation is 1. The molecule has 4 aromatic rings. The molecule has 1 aromatic heterocycles. The van der Waals surface area contributed by atoms with Crippen LogP contribution in [0, 0.1) is 6.92 Å². The third-order valence-corrected chi connectivity index (χ3v) is 4.61.